The van der Waals surface area contributed by atoms with Crippen molar-refractivity contribution >= 4 is 17.0 Å². The smallest absolute Gasteiger partial charge is 0.182 e. The Morgan fingerprint density at radius 2 is 2.22 bits per heavy atom. The van der Waals surface area contributed by atoms with Gasteiger partial charge in [-0.25, -0.2) is 15.0 Å². The number of fused-ring (bicyclic) bond motifs is 1. The van der Waals surface area contributed by atoms with E-state index in [4.69, 9.17) is 0 Å². The molecule has 0 saturated heterocycles. The first-order valence-electron chi connectivity index (χ1n) is 6.44. The molecule has 5 heteroatoms. The van der Waals surface area contributed by atoms with Gasteiger partial charge in [-0.1, -0.05) is 11.6 Å². The summed E-state index contributed by atoms with van der Waals surface area (Å²) in [6.45, 7) is 2.18. The molecule has 1 aliphatic carbocycles. The Balaban J connectivity index is 1.83. The maximum atomic E-state index is 4.29. The maximum absolute atomic E-state index is 4.29. The van der Waals surface area contributed by atoms with Gasteiger partial charge in [-0.3, -0.25) is 0 Å². The summed E-state index contributed by atoms with van der Waals surface area (Å²) in [6.07, 6.45) is 10.5. The number of aromatic nitrogens is 4. The average molecular weight is 243 g/mol. The first-order chi connectivity index (χ1) is 8.84. The van der Waals surface area contributed by atoms with E-state index in [1.807, 2.05) is 0 Å². The normalized spacial score (nSPS) is 17.5. The van der Waals surface area contributed by atoms with E-state index in [1.54, 1.807) is 12.7 Å². The summed E-state index contributed by atoms with van der Waals surface area (Å²) in [7, 11) is 0. The average Bonchev–Trinajstić information content (AvgIpc) is 2.89. The molecule has 5 nitrogen and oxygen atoms in total. The minimum Gasteiger partial charge on any atom is -0.362 e. The van der Waals surface area contributed by atoms with E-state index in [0.717, 1.165) is 11.3 Å². The molecule has 0 amide bonds. The van der Waals surface area contributed by atoms with Crippen molar-refractivity contribution < 1.29 is 0 Å². The van der Waals surface area contributed by atoms with Crippen molar-refractivity contribution in [1.82, 2.24) is 19.9 Å². The summed E-state index contributed by atoms with van der Waals surface area (Å²) < 4.78 is 0. The quantitative estimate of drug-likeness (QED) is 0.813. The van der Waals surface area contributed by atoms with Crippen LogP contribution in [-0.4, -0.2) is 26.0 Å². The summed E-state index contributed by atoms with van der Waals surface area (Å²) >= 11 is 0. The number of anilines is 1. The molecule has 0 aromatic carbocycles. The summed E-state index contributed by atoms with van der Waals surface area (Å²) in [5, 5.41) is 3.45. The fraction of sp³-hybridized carbons (Fsp3) is 0.462. The molecule has 0 radical (unpaired) electrons. The lowest BCUT2D eigenvalue weighted by atomic mass is 9.95. The van der Waals surface area contributed by atoms with Gasteiger partial charge in [-0.05, 0) is 32.6 Å². The second kappa shape index (κ2) is 4.76. The first-order valence-corrected chi connectivity index (χ1v) is 6.44. The van der Waals surface area contributed by atoms with Crippen molar-refractivity contribution in [2.24, 2.45) is 0 Å². The van der Waals surface area contributed by atoms with Crippen LogP contribution in [0.25, 0.3) is 11.2 Å². The van der Waals surface area contributed by atoms with Crippen molar-refractivity contribution in [3.05, 3.63) is 24.3 Å². The molecule has 2 heterocycles. The van der Waals surface area contributed by atoms with E-state index >= 15 is 0 Å². The van der Waals surface area contributed by atoms with E-state index in [9.17, 15) is 0 Å². The zero-order valence-electron chi connectivity index (χ0n) is 10.5. The minimum absolute atomic E-state index is 0.312. The Bertz CT molecular complexity index is 572. The van der Waals surface area contributed by atoms with Gasteiger partial charge in [-0.15, -0.1) is 0 Å². The minimum atomic E-state index is 0.312. The fourth-order valence-electron chi connectivity index (χ4n) is 2.43. The molecule has 3 rings (SSSR count). The maximum Gasteiger partial charge on any atom is 0.182 e. The van der Waals surface area contributed by atoms with Gasteiger partial charge < -0.3 is 10.3 Å². The molecule has 0 bridgehead atoms. The van der Waals surface area contributed by atoms with Gasteiger partial charge in [0, 0.05) is 6.04 Å². The summed E-state index contributed by atoms with van der Waals surface area (Å²) in [5.41, 5.74) is 3.06. The topological polar surface area (TPSA) is 66.5 Å². The van der Waals surface area contributed by atoms with E-state index in [0.29, 0.717) is 11.7 Å². The molecular weight excluding hydrogens is 226 g/mol. The van der Waals surface area contributed by atoms with Crippen LogP contribution < -0.4 is 5.32 Å². The van der Waals surface area contributed by atoms with E-state index < -0.39 is 0 Å². The highest BCUT2D eigenvalue weighted by Crippen LogP contribution is 2.23. The van der Waals surface area contributed by atoms with Gasteiger partial charge in [0.1, 0.15) is 11.8 Å². The van der Waals surface area contributed by atoms with Gasteiger partial charge in [0.15, 0.2) is 11.5 Å². The standard InChI is InChI=1S/C13H17N5/c1-9(10-5-3-2-4-6-10)18-13-11-12(15-7-14-11)16-8-17-13/h5,7-9H,2-4,6H2,1H3,(H2,14,15,16,17,18). The predicted molar refractivity (Wildman–Crippen MR) is 71.3 cm³/mol. The molecule has 1 atom stereocenters. The monoisotopic (exact) mass is 243 g/mol. The lowest BCUT2D eigenvalue weighted by molar-refractivity contribution is 0.665. The molecule has 0 saturated carbocycles. The van der Waals surface area contributed by atoms with Crippen LogP contribution in [0.1, 0.15) is 32.6 Å². The molecule has 2 N–H and O–H groups in total. The molecular formula is C13H17N5. The Morgan fingerprint density at radius 3 is 3.06 bits per heavy atom. The second-order valence-corrected chi connectivity index (χ2v) is 4.71. The van der Waals surface area contributed by atoms with E-state index in [2.05, 4.69) is 38.3 Å². The number of hydrogen-bond acceptors (Lipinski definition) is 4. The molecule has 18 heavy (non-hydrogen) atoms. The van der Waals surface area contributed by atoms with Crippen molar-refractivity contribution in [2.75, 3.05) is 5.32 Å². The van der Waals surface area contributed by atoms with Crippen LogP contribution in [0.3, 0.4) is 0 Å². The van der Waals surface area contributed by atoms with Gasteiger partial charge >= 0.3 is 0 Å². The largest absolute Gasteiger partial charge is 0.362 e. The number of H-pyrrole nitrogens is 1. The number of allylic oxidation sites excluding steroid dienone is 1. The molecule has 2 aromatic heterocycles. The molecule has 1 aliphatic rings. The van der Waals surface area contributed by atoms with Crippen LogP contribution in [0.4, 0.5) is 5.82 Å². The van der Waals surface area contributed by atoms with Crippen molar-refractivity contribution in [1.29, 1.82) is 0 Å². The highest BCUT2D eigenvalue weighted by molar-refractivity contribution is 5.82. The van der Waals surface area contributed by atoms with Gasteiger partial charge in [0.05, 0.1) is 6.33 Å². The van der Waals surface area contributed by atoms with Crippen LogP contribution in [0.15, 0.2) is 24.3 Å². The number of imidazole rings is 1. The zero-order chi connectivity index (χ0) is 12.4. The van der Waals surface area contributed by atoms with Crippen molar-refractivity contribution in [2.45, 2.75) is 38.6 Å². The Kier molecular flexibility index (Phi) is 2.96. The molecule has 94 valence electrons. The summed E-state index contributed by atoms with van der Waals surface area (Å²) in [6, 6.07) is 0.312. The highest BCUT2D eigenvalue weighted by Gasteiger charge is 2.14. The Hall–Kier alpha value is -1.91. The van der Waals surface area contributed by atoms with Crippen molar-refractivity contribution in [3.63, 3.8) is 0 Å². The van der Waals surface area contributed by atoms with Gasteiger partial charge in [0.2, 0.25) is 0 Å². The predicted octanol–water partition coefficient (Wildman–Crippen LogP) is 2.65. The lowest BCUT2D eigenvalue weighted by Crippen LogP contribution is -2.20. The molecule has 0 fully saturated rings. The van der Waals surface area contributed by atoms with Crippen LogP contribution in [-0.2, 0) is 0 Å². The highest BCUT2D eigenvalue weighted by atomic mass is 15.1. The SMILES string of the molecule is CC(Nc1ncnc2nc[nH]c12)C1=CCCCC1. The number of aromatic amines is 1. The number of rotatable bonds is 3. The van der Waals surface area contributed by atoms with E-state index in [-0.39, 0.29) is 0 Å². The van der Waals surface area contributed by atoms with Gasteiger partial charge in [0.25, 0.3) is 0 Å². The number of nitrogens with one attached hydrogen (secondary N) is 2. The molecule has 2 aromatic rings. The molecule has 0 aliphatic heterocycles. The number of nitrogens with zero attached hydrogens (tertiary/aromatic N) is 3. The first kappa shape index (κ1) is 11.2. The van der Waals surface area contributed by atoms with Crippen molar-refractivity contribution in [3.8, 4) is 0 Å². The van der Waals surface area contributed by atoms with E-state index in [1.165, 1.54) is 31.3 Å². The third-order valence-corrected chi connectivity index (χ3v) is 3.46. The van der Waals surface area contributed by atoms with Crippen LogP contribution in [0, 0.1) is 0 Å². The summed E-state index contributed by atoms with van der Waals surface area (Å²) in [5.74, 6) is 0.830. The van der Waals surface area contributed by atoms with Crippen LogP contribution in [0.2, 0.25) is 0 Å². The van der Waals surface area contributed by atoms with Gasteiger partial charge in [-0.2, -0.15) is 0 Å². The third-order valence-electron chi connectivity index (χ3n) is 3.46. The third kappa shape index (κ3) is 2.08. The lowest BCUT2D eigenvalue weighted by Gasteiger charge is -2.21. The number of hydrogen-bond donors (Lipinski definition) is 2. The van der Waals surface area contributed by atoms with Crippen LogP contribution in [0.5, 0.6) is 0 Å². The second-order valence-electron chi connectivity index (χ2n) is 4.71. The zero-order valence-corrected chi connectivity index (χ0v) is 10.5. The molecule has 0 spiro atoms. The fourth-order valence-corrected chi connectivity index (χ4v) is 2.43. The molecule has 1 unspecified atom stereocenters. The Labute approximate surface area is 106 Å². The van der Waals surface area contributed by atoms with Crippen LogP contribution >= 0.6 is 0 Å². The Morgan fingerprint density at radius 1 is 1.28 bits per heavy atom. The summed E-state index contributed by atoms with van der Waals surface area (Å²) in [4.78, 5) is 15.6.